The molecule has 6 heteroatoms. The third-order valence-corrected chi connectivity index (χ3v) is 24.4. The van der Waals surface area contributed by atoms with Gasteiger partial charge >= 0.3 is 0 Å². The molecule has 1 nitrogen and oxygen atoms in total. The van der Waals surface area contributed by atoms with Crippen molar-refractivity contribution in [2.75, 3.05) is 5.73 Å². The zero-order valence-corrected chi connectivity index (χ0v) is 56.1. The van der Waals surface area contributed by atoms with Gasteiger partial charge in [0.05, 0.1) is 0 Å². The number of hydrogen-bond donors (Lipinski definition) is 1. The molecule has 14 aromatic rings. The molecule has 14 rings (SSSR count). The van der Waals surface area contributed by atoms with E-state index in [0.717, 1.165) is 11.3 Å². The molecule has 0 saturated carbocycles. The molecule has 0 spiro atoms. The summed E-state index contributed by atoms with van der Waals surface area (Å²) < 4.78 is 0. The Bertz CT molecular complexity index is 3360. The number of hydrogen-bond acceptors (Lipinski definition) is 1. The number of nitrogen functional groups attached to an aromatic ring is 1. The van der Waals surface area contributed by atoms with E-state index in [-0.39, 0.29) is 20.4 Å². The second kappa shape index (κ2) is 36.8. The Morgan fingerprint density at radius 1 is 0.176 bits per heavy atom. The van der Waals surface area contributed by atoms with Crippen LogP contribution in [0.15, 0.2) is 413 Å². The first-order valence-corrected chi connectivity index (χ1v) is 35.7. The number of rotatable bonds is 13. The van der Waals surface area contributed by atoms with Crippen molar-refractivity contribution in [2.45, 2.75) is 6.92 Å². The van der Waals surface area contributed by atoms with Crippen molar-refractivity contribution in [3.63, 3.8) is 0 Å². The van der Waals surface area contributed by atoms with Gasteiger partial charge in [-0.25, -0.2) is 0 Å². The van der Waals surface area contributed by atoms with Crippen LogP contribution in [0.3, 0.4) is 0 Å². The summed E-state index contributed by atoms with van der Waals surface area (Å²) in [6.07, 6.45) is 0. The maximum atomic E-state index is 5.86. The first-order chi connectivity index (χ1) is 44.6. The van der Waals surface area contributed by atoms with Crippen LogP contribution in [0.1, 0.15) is 5.56 Å². The van der Waals surface area contributed by atoms with E-state index in [4.69, 9.17) is 5.73 Å². The first-order valence-electron chi connectivity index (χ1n) is 30.3. The van der Waals surface area contributed by atoms with Gasteiger partial charge in [-0.1, -0.05) is 406 Å². The predicted molar refractivity (Wildman–Crippen MR) is 402 cm³/mol. The SMILES string of the molecule is Cc1c(N)cccc1-c1ccccc1.[Pd].c1ccc(P(c2ccccc2)c2ccccc2)cc1.c1ccc(P(c2ccccc2)c2ccccc2)cc1.c1ccc(P(c2ccccc2)c2ccccc2)cc1.c1ccc(P(c2ccccc2)c2ccccc2)cc1. The normalized spacial score (nSPS) is 10.4. The monoisotopic (exact) mass is 1340 g/mol. The molecule has 0 aliphatic heterocycles. The molecule has 0 aromatic heterocycles. The molecule has 14 aromatic carbocycles. The Morgan fingerprint density at radius 3 is 0.473 bits per heavy atom. The van der Waals surface area contributed by atoms with E-state index in [1.165, 1.54) is 74.8 Å². The average Bonchev–Trinajstić information content (AvgIpc) is 3.51. The minimum atomic E-state index is -0.446. The van der Waals surface area contributed by atoms with Gasteiger partial charge in [-0.05, 0) is 125 Å². The molecule has 0 unspecified atom stereocenters. The zero-order valence-electron chi connectivity index (χ0n) is 50.9. The van der Waals surface area contributed by atoms with Crippen molar-refractivity contribution in [3.05, 3.63) is 418 Å². The van der Waals surface area contributed by atoms with Crippen molar-refractivity contribution >= 4 is 101 Å². The molecule has 0 bridgehead atoms. The summed E-state index contributed by atoms with van der Waals surface area (Å²) in [6, 6.07) is 146. The fourth-order valence-corrected chi connectivity index (χ4v) is 19.5. The molecular formula is C85H73NP4Pd. The fourth-order valence-electron chi connectivity index (χ4n) is 10.3. The van der Waals surface area contributed by atoms with E-state index in [2.05, 4.69) is 389 Å². The Kier molecular flexibility index (Phi) is 27.0. The summed E-state index contributed by atoms with van der Waals surface area (Å²) in [5.74, 6) is 0. The molecule has 2 N–H and O–H groups in total. The first kappa shape index (κ1) is 66.7. The van der Waals surface area contributed by atoms with Crippen molar-refractivity contribution in [1.29, 1.82) is 0 Å². The van der Waals surface area contributed by atoms with Crippen molar-refractivity contribution in [1.82, 2.24) is 0 Å². The van der Waals surface area contributed by atoms with Crippen LogP contribution in [0.5, 0.6) is 0 Å². The van der Waals surface area contributed by atoms with Crippen LogP contribution < -0.4 is 69.4 Å². The summed E-state index contributed by atoms with van der Waals surface area (Å²) in [7, 11) is -1.78. The molecule has 0 radical (unpaired) electrons. The van der Waals surface area contributed by atoms with Crippen LogP contribution in [0.25, 0.3) is 11.1 Å². The topological polar surface area (TPSA) is 26.0 Å². The predicted octanol–water partition coefficient (Wildman–Crippen LogP) is 17.0. The van der Waals surface area contributed by atoms with Crippen molar-refractivity contribution in [3.8, 4) is 11.1 Å². The third kappa shape index (κ3) is 19.6. The Labute approximate surface area is 559 Å². The maximum absolute atomic E-state index is 5.86. The van der Waals surface area contributed by atoms with Crippen LogP contribution in [0, 0.1) is 6.92 Å². The van der Waals surface area contributed by atoms with Gasteiger partial charge in [-0.3, -0.25) is 0 Å². The fraction of sp³-hybridized carbons (Fsp3) is 0.0118. The van der Waals surface area contributed by atoms with Crippen LogP contribution in [0.2, 0.25) is 0 Å². The smallest absolute Gasteiger partial charge is 0.0349 e. The molecule has 0 saturated heterocycles. The number of nitrogens with two attached hydrogens (primary N) is 1. The Balaban J connectivity index is 0.000000135. The second-order valence-corrected chi connectivity index (χ2v) is 29.6. The van der Waals surface area contributed by atoms with E-state index >= 15 is 0 Å². The largest absolute Gasteiger partial charge is 0.398 e. The van der Waals surface area contributed by atoms with Crippen molar-refractivity contribution in [2.24, 2.45) is 0 Å². The zero-order chi connectivity index (χ0) is 61.6. The molecule has 0 atom stereocenters. The van der Waals surface area contributed by atoms with Gasteiger partial charge in [0.25, 0.3) is 0 Å². The van der Waals surface area contributed by atoms with Gasteiger partial charge in [-0.15, -0.1) is 0 Å². The van der Waals surface area contributed by atoms with Crippen LogP contribution in [-0.2, 0) is 20.4 Å². The maximum Gasteiger partial charge on any atom is 0.0349 e. The van der Waals surface area contributed by atoms with Gasteiger partial charge in [0.15, 0.2) is 0 Å². The molecule has 448 valence electrons. The van der Waals surface area contributed by atoms with Gasteiger partial charge < -0.3 is 5.73 Å². The van der Waals surface area contributed by atoms with E-state index in [1.54, 1.807) is 0 Å². The van der Waals surface area contributed by atoms with Gasteiger partial charge in [0, 0.05) is 26.1 Å². The quantitative estimate of drug-likeness (QED) is 0.0695. The summed E-state index contributed by atoms with van der Waals surface area (Å²) in [5, 5.41) is 16.8. The number of anilines is 1. The molecule has 0 aliphatic carbocycles. The van der Waals surface area contributed by atoms with E-state index in [0.29, 0.717) is 0 Å². The molecular weight excluding hydrogens is 1270 g/mol. The minimum Gasteiger partial charge on any atom is -0.398 e. The van der Waals surface area contributed by atoms with Crippen LogP contribution in [0.4, 0.5) is 5.69 Å². The van der Waals surface area contributed by atoms with E-state index in [9.17, 15) is 0 Å². The number of benzene rings is 14. The molecule has 0 aliphatic rings. The van der Waals surface area contributed by atoms with Gasteiger partial charge in [-0.2, -0.15) is 0 Å². The molecule has 91 heavy (non-hydrogen) atoms. The summed E-state index contributed by atoms with van der Waals surface area (Å²) >= 11 is 0. The summed E-state index contributed by atoms with van der Waals surface area (Å²) in [4.78, 5) is 0. The van der Waals surface area contributed by atoms with Gasteiger partial charge in [0.2, 0.25) is 0 Å². The van der Waals surface area contributed by atoms with E-state index in [1.807, 2.05) is 30.3 Å². The summed E-state index contributed by atoms with van der Waals surface area (Å²) in [5.41, 5.74) is 10.3. The molecule has 0 heterocycles. The Hall–Kier alpha value is -8.74. The molecule has 0 amide bonds. The molecule has 0 fully saturated rings. The van der Waals surface area contributed by atoms with Gasteiger partial charge in [0.1, 0.15) is 0 Å². The van der Waals surface area contributed by atoms with Crippen LogP contribution in [-0.4, -0.2) is 0 Å². The average molecular weight is 1340 g/mol. The van der Waals surface area contributed by atoms with Crippen molar-refractivity contribution < 1.29 is 20.4 Å². The van der Waals surface area contributed by atoms with E-state index < -0.39 is 31.7 Å². The summed E-state index contributed by atoms with van der Waals surface area (Å²) in [6.45, 7) is 2.05. The second-order valence-electron chi connectivity index (χ2n) is 20.8. The van der Waals surface area contributed by atoms with Crippen LogP contribution >= 0.6 is 31.7 Å². The standard InChI is InChI=1S/4C18H15P.C13H13N.Pd/c4*1-4-10-16(11-5-1)19(17-12-6-2-7-13-17)18-14-8-3-9-15-18;1-10-12(8-5-9-13(10)14)11-6-3-2-4-7-11;/h4*1-15H;2-9H,14H2,1H3;. The minimum absolute atomic E-state index is 0. The Morgan fingerprint density at radius 2 is 0.319 bits per heavy atom. The third-order valence-electron chi connectivity index (χ3n) is 14.6.